The van der Waals surface area contributed by atoms with Crippen LogP contribution in [0.15, 0.2) is 34.9 Å². The molecular formula is C16H18N4O2. The molecule has 1 aromatic carbocycles. The molecule has 0 aliphatic carbocycles. The lowest BCUT2D eigenvalue weighted by atomic mass is 9.84. The largest absolute Gasteiger partial charge is 0.344 e. The Morgan fingerprint density at radius 2 is 2.00 bits per heavy atom. The van der Waals surface area contributed by atoms with Crippen molar-refractivity contribution >= 4 is 5.91 Å². The summed E-state index contributed by atoms with van der Waals surface area (Å²) >= 11 is 0. The number of aromatic nitrogens is 2. The Morgan fingerprint density at radius 3 is 2.68 bits per heavy atom. The first kappa shape index (κ1) is 13.5. The highest BCUT2D eigenvalue weighted by Crippen LogP contribution is 2.27. The number of fused-ring (bicyclic) bond motifs is 3. The number of hydrogen-bond donors (Lipinski definition) is 1. The van der Waals surface area contributed by atoms with Crippen LogP contribution in [0.3, 0.4) is 0 Å². The Hall–Kier alpha value is -2.21. The predicted molar refractivity (Wildman–Crippen MR) is 80.2 cm³/mol. The quantitative estimate of drug-likeness (QED) is 0.931. The molecule has 0 saturated carbocycles. The molecule has 2 bridgehead atoms. The van der Waals surface area contributed by atoms with Crippen molar-refractivity contribution in [2.75, 3.05) is 19.6 Å². The van der Waals surface area contributed by atoms with Crippen molar-refractivity contribution in [1.29, 1.82) is 0 Å². The van der Waals surface area contributed by atoms with Gasteiger partial charge in [0, 0.05) is 18.2 Å². The van der Waals surface area contributed by atoms with E-state index in [0.717, 1.165) is 38.0 Å². The molecule has 3 aliphatic heterocycles. The van der Waals surface area contributed by atoms with Crippen molar-refractivity contribution in [3.63, 3.8) is 0 Å². The zero-order chi connectivity index (χ0) is 14.9. The van der Waals surface area contributed by atoms with Crippen LogP contribution < -0.4 is 5.32 Å². The molecular weight excluding hydrogens is 280 g/mol. The highest BCUT2D eigenvalue weighted by molar-refractivity contribution is 5.90. The van der Waals surface area contributed by atoms with Crippen molar-refractivity contribution in [2.24, 2.45) is 5.92 Å². The Balaban J connectivity index is 1.46. The number of nitrogens with one attached hydrogen (secondary N) is 1. The van der Waals surface area contributed by atoms with Gasteiger partial charge >= 0.3 is 11.8 Å². The van der Waals surface area contributed by atoms with E-state index in [1.165, 1.54) is 0 Å². The van der Waals surface area contributed by atoms with Gasteiger partial charge in [0.2, 0.25) is 5.82 Å². The van der Waals surface area contributed by atoms with E-state index in [0.29, 0.717) is 11.7 Å². The van der Waals surface area contributed by atoms with Gasteiger partial charge in [-0.3, -0.25) is 4.79 Å². The standard InChI is InChI=1S/C16H18N4O2/c21-15(17-13-10-20-8-6-11(13)7-9-20)16-18-14(19-22-16)12-4-2-1-3-5-12/h1-5,11,13H,6-10H2,(H,17,21)/t13-/m0/s1. The molecule has 4 heterocycles. The van der Waals surface area contributed by atoms with Gasteiger partial charge in [0.25, 0.3) is 0 Å². The van der Waals surface area contributed by atoms with Crippen LogP contribution in [-0.4, -0.2) is 46.6 Å². The van der Waals surface area contributed by atoms with Gasteiger partial charge in [0.05, 0.1) is 0 Å². The number of nitrogens with zero attached hydrogens (tertiary/aromatic N) is 3. The minimum absolute atomic E-state index is 0.0373. The number of carbonyl (C=O) groups is 1. The fraction of sp³-hybridized carbons (Fsp3) is 0.438. The Bertz CT molecular complexity index is 662. The van der Waals surface area contributed by atoms with Crippen molar-refractivity contribution < 1.29 is 9.32 Å². The number of benzene rings is 1. The van der Waals surface area contributed by atoms with E-state index in [1.54, 1.807) is 0 Å². The van der Waals surface area contributed by atoms with Crippen LogP contribution in [0.4, 0.5) is 0 Å². The SMILES string of the molecule is O=C(N[C@H]1CN2CCC1CC2)c1nc(-c2ccccc2)no1. The van der Waals surface area contributed by atoms with E-state index >= 15 is 0 Å². The van der Waals surface area contributed by atoms with E-state index in [9.17, 15) is 4.79 Å². The molecule has 0 spiro atoms. The van der Waals surface area contributed by atoms with Crippen LogP contribution in [0, 0.1) is 5.92 Å². The minimum atomic E-state index is -0.270. The van der Waals surface area contributed by atoms with Gasteiger partial charge in [-0.15, -0.1) is 0 Å². The fourth-order valence-electron chi connectivity index (χ4n) is 3.38. The summed E-state index contributed by atoms with van der Waals surface area (Å²) in [4.78, 5) is 18.9. The minimum Gasteiger partial charge on any atom is -0.344 e. The molecule has 114 valence electrons. The topological polar surface area (TPSA) is 71.3 Å². The summed E-state index contributed by atoms with van der Waals surface area (Å²) in [6.07, 6.45) is 2.31. The van der Waals surface area contributed by atoms with Gasteiger partial charge in [-0.1, -0.05) is 35.5 Å². The third-order valence-electron chi connectivity index (χ3n) is 4.62. The fourth-order valence-corrected chi connectivity index (χ4v) is 3.38. The van der Waals surface area contributed by atoms with Crippen molar-refractivity contribution in [1.82, 2.24) is 20.4 Å². The van der Waals surface area contributed by atoms with Gasteiger partial charge in [-0.05, 0) is 31.8 Å². The second-order valence-electron chi connectivity index (χ2n) is 6.01. The van der Waals surface area contributed by atoms with E-state index in [4.69, 9.17) is 4.52 Å². The number of carbonyl (C=O) groups excluding carboxylic acids is 1. The first-order valence-corrected chi connectivity index (χ1v) is 7.72. The zero-order valence-corrected chi connectivity index (χ0v) is 12.2. The lowest BCUT2D eigenvalue weighted by molar-refractivity contribution is 0.0597. The molecule has 6 nitrogen and oxygen atoms in total. The van der Waals surface area contributed by atoms with E-state index in [1.807, 2.05) is 30.3 Å². The van der Waals surface area contributed by atoms with Crippen molar-refractivity contribution in [3.8, 4) is 11.4 Å². The molecule has 2 aromatic rings. The Kier molecular flexibility index (Phi) is 3.38. The summed E-state index contributed by atoms with van der Waals surface area (Å²) in [5, 5.41) is 6.95. The third kappa shape index (κ3) is 2.50. The number of piperidine rings is 3. The average Bonchev–Trinajstić information content (AvgIpc) is 3.07. The van der Waals surface area contributed by atoms with E-state index in [-0.39, 0.29) is 17.8 Å². The van der Waals surface area contributed by atoms with Gasteiger partial charge in [-0.25, -0.2) is 0 Å². The maximum Gasteiger partial charge on any atom is 0.316 e. The second kappa shape index (κ2) is 5.53. The molecule has 3 aliphatic rings. The van der Waals surface area contributed by atoms with Crippen LogP contribution in [0.5, 0.6) is 0 Å². The normalized spacial score (nSPS) is 26.8. The molecule has 0 radical (unpaired) electrons. The van der Waals surface area contributed by atoms with Gasteiger partial charge in [0.15, 0.2) is 0 Å². The Labute approximate surface area is 128 Å². The first-order valence-electron chi connectivity index (χ1n) is 7.72. The van der Waals surface area contributed by atoms with Gasteiger partial charge < -0.3 is 14.7 Å². The Morgan fingerprint density at radius 1 is 1.23 bits per heavy atom. The highest BCUT2D eigenvalue weighted by atomic mass is 16.5. The summed E-state index contributed by atoms with van der Waals surface area (Å²) in [6, 6.07) is 9.70. The van der Waals surface area contributed by atoms with Crippen LogP contribution in [0.2, 0.25) is 0 Å². The summed E-state index contributed by atoms with van der Waals surface area (Å²) < 4.78 is 5.12. The summed E-state index contributed by atoms with van der Waals surface area (Å²) in [5.41, 5.74) is 0.841. The van der Waals surface area contributed by atoms with Gasteiger partial charge in [-0.2, -0.15) is 4.98 Å². The third-order valence-corrected chi connectivity index (χ3v) is 4.62. The molecule has 5 rings (SSSR count). The van der Waals surface area contributed by atoms with Gasteiger partial charge in [0.1, 0.15) is 0 Å². The lowest BCUT2D eigenvalue weighted by Crippen LogP contribution is -2.57. The average molecular weight is 298 g/mol. The number of rotatable bonds is 3. The van der Waals surface area contributed by atoms with Crippen LogP contribution >= 0.6 is 0 Å². The molecule has 6 heteroatoms. The highest BCUT2D eigenvalue weighted by Gasteiger charge is 2.35. The summed E-state index contributed by atoms with van der Waals surface area (Å²) in [5.74, 6) is 0.786. The second-order valence-corrected chi connectivity index (χ2v) is 6.01. The van der Waals surface area contributed by atoms with Crippen LogP contribution in [0.1, 0.15) is 23.5 Å². The molecule has 3 fully saturated rings. The first-order chi connectivity index (χ1) is 10.8. The number of hydrogen-bond acceptors (Lipinski definition) is 5. The molecule has 22 heavy (non-hydrogen) atoms. The maximum atomic E-state index is 12.3. The van der Waals surface area contributed by atoms with E-state index < -0.39 is 0 Å². The zero-order valence-electron chi connectivity index (χ0n) is 12.2. The van der Waals surface area contributed by atoms with E-state index in [2.05, 4.69) is 20.4 Å². The predicted octanol–water partition coefficient (Wildman–Crippen LogP) is 1.56. The lowest BCUT2D eigenvalue weighted by Gasteiger charge is -2.44. The monoisotopic (exact) mass is 298 g/mol. The van der Waals surface area contributed by atoms with Crippen molar-refractivity contribution in [3.05, 3.63) is 36.2 Å². The maximum absolute atomic E-state index is 12.3. The molecule has 3 saturated heterocycles. The smallest absolute Gasteiger partial charge is 0.316 e. The van der Waals surface area contributed by atoms with Crippen LogP contribution in [0.25, 0.3) is 11.4 Å². The summed E-state index contributed by atoms with van der Waals surface area (Å²) in [6.45, 7) is 3.22. The molecule has 1 aromatic heterocycles. The molecule has 0 unspecified atom stereocenters. The van der Waals surface area contributed by atoms with Crippen molar-refractivity contribution in [2.45, 2.75) is 18.9 Å². The molecule has 1 amide bonds. The molecule has 1 atom stereocenters. The molecule has 1 N–H and O–H groups in total. The number of amides is 1. The summed E-state index contributed by atoms with van der Waals surface area (Å²) in [7, 11) is 0. The van der Waals surface area contributed by atoms with Crippen LogP contribution in [-0.2, 0) is 0 Å².